The number of carbonyl (C=O) groups excluding carboxylic acids is 1. The van der Waals surface area contributed by atoms with E-state index in [1.54, 1.807) is 7.11 Å². The molecule has 0 aliphatic rings. The van der Waals surface area contributed by atoms with Crippen molar-refractivity contribution in [2.45, 2.75) is 26.7 Å². The number of nitrogens with one attached hydrogen (secondary N) is 1. The van der Waals surface area contributed by atoms with Crippen LogP contribution in [0.1, 0.15) is 23.1 Å². The summed E-state index contributed by atoms with van der Waals surface area (Å²) < 4.78 is 10.8. The SMILES string of the molecule is COc1ccccc1OCCNC(=O)CCc1ccc(C)c(C)c1. The van der Waals surface area contributed by atoms with E-state index in [-0.39, 0.29) is 5.91 Å². The van der Waals surface area contributed by atoms with Crippen LogP contribution in [0, 0.1) is 13.8 Å². The van der Waals surface area contributed by atoms with Gasteiger partial charge in [-0.3, -0.25) is 4.79 Å². The highest BCUT2D eigenvalue weighted by molar-refractivity contribution is 5.76. The van der Waals surface area contributed by atoms with Crippen LogP contribution in [0.3, 0.4) is 0 Å². The summed E-state index contributed by atoms with van der Waals surface area (Å²) >= 11 is 0. The van der Waals surface area contributed by atoms with E-state index in [4.69, 9.17) is 9.47 Å². The van der Waals surface area contributed by atoms with Crippen LogP contribution in [0.15, 0.2) is 42.5 Å². The van der Waals surface area contributed by atoms with Gasteiger partial charge in [-0.2, -0.15) is 0 Å². The molecule has 1 N–H and O–H groups in total. The van der Waals surface area contributed by atoms with E-state index < -0.39 is 0 Å². The van der Waals surface area contributed by atoms with Gasteiger partial charge in [-0.05, 0) is 49.1 Å². The van der Waals surface area contributed by atoms with E-state index in [2.05, 4.69) is 37.4 Å². The fraction of sp³-hybridized carbons (Fsp3) is 0.350. The van der Waals surface area contributed by atoms with Gasteiger partial charge in [0.2, 0.25) is 5.91 Å². The van der Waals surface area contributed by atoms with Crippen LogP contribution in [-0.2, 0) is 11.2 Å². The molecule has 128 valence electrons. The van der Waals surface area contributed by atoms with Gasteiger partial charge in [0.15, 0.2) is 11.5 Å². The average Bonchev–Trinajstić information content (AvgIpc) is 2.60. The van der Waals surface area contributed by atoms with E-state index in [1.165, 1.54) is 16.7 Å². The van der Waals surface area contributed by atoms with Crippen LogP contribution < -0.4 is 14.8 Å². The number of carbonyl (C=O) groups is 1. The molecule has 24 heavy (non-hydrogen) atoms. The fourth-order valence-electron chi connectivity index (χ4n) is 2.39. The molecule has 0 bridgehead atoms. The summed E-state index contributed by atoms with van der Waals surface area (Å²) in [6.45, 7) is 5.07. The molecular formula is C20H25NO3. The lowest BCUT2D eigenvalue weighted by molar-refractivity contribution is -0.121. The first-order valence-corrected chi connectivity index (χ1v) is 8.19. The molecule has 0 saturated carbocycles. The summed E-state index contributed by atoms with van der Waals surface area (Å²) in [5, 5.41) is 2.88. The first-order valence-electron chi connectivity index (χ1n) is 8.19. The Hall–Kier alpha value is -2.49. The van der Waals surface area contributed by atoms with E-state index in [1.807, 2.05) is 24.3 Å². The molecule has 2 aromatic carbocycles. The maximum Gasteiger partial charge on any atom is 0.220 e. The van der Waals surface area contributed by atoms with Crippen molar-refractivity contribution in [3.63, 3.8) is 0 Å². The van der Waals surface area contributed by atoms with Gasteiger partial charge in [0, 0.05) is 6.42 Å². The van der Waals surface area contributed by atoms with E-state index in [0.717, 1.165) is 6.42 Å². The molecule has 0 unspecified atom stereocenters. The second-order valence-corrected chi connectivity index (χ2v) is 5.77. The molecule has 0 radical (unpaired) electrons. The summed E-state index contributed by atoms with van der Waals surface area (Å²) in [5.74, 6) is 1.42. The molecule has 0 atom stereocenters. The number of amides is 1. The lowest BCUT2D eigenvalue weighted by Gasteiger charge is -2.11. The van der Waals surface area contributed by atoms with Crippen LogP contribution in [0.2, 0.25) is 0 Å². The minimum atomic E-state index is 0.0388. The third kappa shape index (κ3) is 5.30. The molecule has 1 amide bonds. The van der Waals surface area contributed by atoms with Gasteiger partial charge in [0.25, 0.3) is 0 Å². The maximum absolute atomic E-state index is 11.9. The van der Waals surface area contributed by atoms with Crippen molar-refractivity contribution < 1.29 is 14.3 Å². The van der Waals surface area contributed by atoms with E-state index in [0.29, 0.717) is 31.1 Å². The first kappa shape index (κ1) is 17.9. The Balaban J connectivity index is 1.69. The van der Waals surface area contributed by atoms with Crippen molar-refractivity contribution in [3.8, 4) is 11.5 Å². The van der Waals surface area contributed by atoms with Crippen LogP contribution in [-0.4, -0.2) is 26.2 Å². The Labute approximate surface area is 143 Å². The third-order valence-corrected chi connectivity index (χ3v) is 3.96. The Morgan fingerprint density at radius 1 is 1.04 bits per heavy atom. The number of ether oxygens (including phenoxy) is 2. The largest absolute Gasteiger partial charge is 0.493 e. The molecular weight excluding hydrogens is 302 g/mol. The summed E-state index contributed by atoms with van der Waals surface area (Å²) in [6.07, 6.45) is 1.23. The predicted octanol–water partition coefficient (Wildman–Crippen LogP) is 3.44. The minimum Gasteiger partial charge on any atom is -0.493 e. The highest BCUT2D eigenvalue weighted by Crippen LogP contribution is 2.25. The molecule has 0 saturated heterocycles. The number of benzene rings is 2. The zero-order valence-electron chi connectivity index (χ0n) is 14.6. The number of para-hydroxylation sites is 2. The number of rotatable bonds is 8. The molecule has 2 aromatic rings. The van der Waals surface area contributed by atoms with Crippen molar-refractivity contribution in [2.24, 2.45) is 0 Å². The first-order chi connectivity index (χ1) is 11.6. The average molecular weight is 327 g/mol. The molecule has 0 aliphatic heterocycles. The topological polar surface area (TPSA) is 47.6 Å². The van der Waals surface area contributed by atoms with Crippen molar-refractivity contribution in [1.82, 2.24) is 5.32 Å². The van der Waals surface area contributed by atoms with Crippen LogP contribution in [0.4, 0.5) is 0 Å². The Morgan fingerprint density at radius 2 is 1.79 bits per heavy atom. The van der Waals surface area contributed by atoms with Gasteiger partial charge < -0.3 is 14.8 Å². The lowest BCUT2D eigenvalue weighted by atomic mass is 10.0. The monoisotopic (exact) mass is 327 g/mol. The van der Waals surface area contributed by atoms with E-state index in [9.17, 15) is 4.79 Å². The summed E-state index contributed by atoms with van der Waals surface area (Å²) in [6, 6.07) is 13.8. The third-order valence-electron chi connectivity index (χ3n) is 3.96. The second kappa shape index (κ2) is 8.96. The van der Waals surface area contributed by atoms with Gasteiger partial charge in [-0.25, -0.2) is 0 Å². The van der Waals surface area contributed by atoms with Gasteiger partial charge in [0.05, 0.1) is 13.7 Å². The standard InChI is InChI=1S/C20H25NO3/c1-15-8-9-17(14-16(15)2)10-11-20(22)21-12-13-24-19-7-5-4-6-18(19)23-3/h4-9,14H,10-13H2,1-3H3,(H,21,22). The van der Waals surface area contributed by atoms with E-state index >= 15 is 0 Å². The number of methoxy groups -OCH3 is 1. The smallest absolute Gasteiger partial charge is 0.220 e. The second-order valence-electron chi connectivity index (χ2n) is 5.77. The molecule has 0 aliphatic carbocycles. The molecule has 0 fully saturated rings. The zero-order valence-corrected chi connectivity index (χ0v) is 14.6. The Kier molecular flexibility index (Phi) is 6.67. The Bertz CT molecular complexity index is 682. The highest BCUT2D eigenvalue weighted by Gasteiger charge is 2.05. The highest BCUT2D eigenvalue weighted by atomic mass is 16.5. The van der Waals surface area contributed by atoms with Gasteiger partial charge in [-0.15, -0.1) is 0 Å². The number of hydrogen-bond donors (Lipinski definition) is 1. The van der Waals surface area contributed by atoms with Crippen molar-refractivity contribution in [2.75, 3.05) is 20.3 Å². The predicted molar refractivity (Wildman–Crippen MR) is 95.7 cm³/mol. The molecule has 0 heterocycles. The summed E-state index contributed by atoms with van der Waals surface area (Å²) in [4.78, 5) is 11.9. The quantitative estimate of drug-likeness (QED) is 0.756. The van der Waals surface area contributed by atoms with Crippen LogP contribution >= 0.6 is 0 Å². The fourth-order valence-corrected chi connectivity index (χ4v) is 2.39. The number of hydrogen-bond acceptors (Lipinski definition) is 3. The normalized spacial score (nSPS) is 10.3. The molecule has 4 nitrogen and oxygen atoms in total. The zero-order chi connectivity index (χ0) is 17.4. The number of aryl methyl sites for hydroxylation is 3. The summed E-state index contributed by atoms with van der Waals surface area (Å²) in [5.41, 5.74) is 3.73. The molecule has 2 rings (SSSR count). The van der Waals surface area contributed by atoms with Crippen molar-refractivity contribution >= 4 is 5.91 Å². The van der Waals surface area contributed by atoms with Crippen LogP contribution in [0.25, 0.3) is 0 Å². The minimum absolute atomic E-state index is 0.0388. The maximum atomic E-state index is 11.9. The molecule has 4 heteroatoms. The van der Waals surface area contributed by atoms with Crippen LogP contribution in [0.5, 0.6) is 11.5 Å². The lowest BCUT2D eigenvalue weighted by Crippen LogP contribution is -2.28. The van der Waals surface area contributed by atoms with Gasteiger partial charge in [0.1, 0.15) is 6.61 Å². The van der Waals surface area contributed by atoms with Gasteiger partial charge in [-0.1, -0.05) is 30.3 Å². The molecule has 0 spiro atoms. The molecule has 0 aromatic heterocycles. The summed E-state index contributed by atoms with van der Waals surface area (Å²) in [7, 11) is 1.61. The van der Waals surface area contributed by atoms with Crippen molar-refractivity contribution in [3.05, 3.63) is 59.2 Å². The Morgan fingerprint density at radius 3 is 2.50 bits per heavy atom. The van der Waals surface area contributed by atoms with Gasteiger partial charge >= 0.3 is 0 Å². The van der Waals surface area contributed by atoms with Crippen molar-refractivity contribution in [1.29, 1.82) is 0 Å².